The van der Waals surface area contributed by atoms with Gasteiger partial charge in [0, 0.05) is 48.4 Å². The van der Waals surface area contributed by atoms with E-state index in [1.165, 1.54) is 17.7 Å². The summed E-state index contributed by atoms with van der Waals surface area (Å²) in [5, 5.41) is 18.5. The first-order valence-corrected chi connectivity index (χ1v) is 10.0. The minimum atomic E-state index is -0.416. The molecule has 0 saturated heterocycles. The molecule has 0 atom stereocenters. The highest BCUT2D eigenvalue weighted by Gasteiger charge is 2.10. The van der Waals surface area contributed by atoms with Crippen molar-refractivity contribution in [1.82, 2.24) is 19.7 Å². The van der Waals surface area contributed by atoms with Crippen molar-refractivity contribution in [3.05, 3.63) is 100.0 Å². The number of nitrogens with zero attached hydrogens (tertiary/aromatic N) is 5. The molecule has 0 unspecified atom stereocenters. The van der Waals surface area contributed by atoms with Crippen molar-refractivity contribution in [2.45, 2.75) is 26.4 Å². The predicted molar refractivity (Wildman–Crippen MR) is 119 cm³/mol. The molecule has 4 rings (SSSR count). The van der Waals surface area contributed by atoms with E-state index in [1.807, 2.05) is 29.9 Å². The lowest BCUT2D eigenvalue weighted by Gasteiger charge is -2.10. The molecule has 1 N–H and O–H groups in total. The Bertz CT molecular complexity index is 1160. The van der Waals surface area contributed by atoms with E-state index in [0.29, 0.717) is 12.4 Å². The van der Waals surface area contributed by atoms with Gasteiger partial charge in [0.15, 0.2) is 5.82 Å². The molecule has 0 radical (unpaired) electrons. The maximum absolute atomic E-state index is 10.9. The second kappa shape index (κ2) is 9.17. The molecule has 2 heterocycles. The van der Waals surface area contributed by atoms with Gasteiger partial charge in [0.1, 0.15) is 5.82 Å². The molecule has 0 aliphatic heterocycles. The molecule has 2 aromatic heterocycles. The van der Waals surface area contributed by atoms with Crippen LogP contribution in [0.5, 0.6) is 0 Å². The molecule has 31 heavy (non-hydrogen) atoms. The summed E-state index contributed by atoms with van der Waals surface area (Å²) in [5.41, 5.74) is 4.01. The van der Waals surface area contributed by atoms with E-state index in [9.17, 15) is 10.1 Å². The summed E-state index contributed by atoms with van der Waals surface area (Å²) in [6.07, 6.45) is 4.48. The number of nitro groups is 1. The van der Waals surface area contributed by atoms with Gasteiger partial charge >= 0.3 is 0 Å². The maximum Gasteiger partial charge on any atom is 0.269 e. The van der Waals surface area contributed by atoms with Crippen molar-refractivity contribution < 1.29 is 4.92 Å². The Hall–Kier alpha value is -4.07. The lowest BCUT2D eigenvalue weighted by molar-refractivity contribution is -0.384. The summed E-state index contributed by atoms with van der Waals surface area (Å²) >= 11 is 0. The topological polar surface area (TPSA) is 98.8 Å². The highest BCUT2D eigenvalue weighted by Crippen LogP contribution is 2.22. The average Bonchev–Trinajstić information content (AvgIpc) is 3.31. The van der Waals surface area contributed by atoms with Gasteiger partial charge in [-0.05, 0) is 35.7 Å². The zero-order valence-electron chi connectivity index (χ0n) is 17.1. The molecule has 2 aromatic carbocycles. The fourth-order valence-corrected chi connectivity index (χ4v) is 3.17. The minimum Gasteiger partial charge on any atom is -0.366 e. The second-order valence-electron chi connectivity index (χ2n) is 7.10. The Labute approximate surface area is 179 Å². The molecule has 4 aromatic rings. The molecule has 8 nitrogen and oxygen atoms in total. The van der Waals surface area contributed by atoms with Crippen LogP contribution in [-0.2, 0) is 19.5 Å². The Morgan fingerprint density at radius 2 is 1.77 bits per heavy atom. The number of nitrogens with one attached hydrogen (secondary N) is 1. The van der Waals surface area contributed by atoms with Crippen molar-refractivity contribution >= 4 is 11.5 Å². The molecule has 8 heteroatoms. The lowest BCUT2D eigenvalue weighted by Crippen LogP contribution is -2.05. The molecule has 0 bridgehead atoms. The third-order valence-electron chi connectivity index (χ3n) is 4.88. The first-order valence-electron chi connectivity index (χ1n) is 10.0. The van der Waals surface area contributed by atoms with Crippen LogP contribution in [0.15, 0.2) is 73.1 Å². The number of anilines is 1. The third-order valence-corrected chi connectivity index (χ3v) is 4.88. The normalized spacial score (nSPS) is 10.7. The van der Waals surface area contributed by atoms with Gasteiger partial charge in [-0.25, -0.2) is 9.97 Å². The number of non-ortho nitro benzene ring substituents is 1. The zero-order valence-corrected chi connectivity index (χ0v) is 17.1. The minimum absolute atomic E-state index is 0.0461. The van der Waals surface area contributed by atoms with E-state index < -0.39 is 4.92 Å². The molecule has 0 aliphatic rings. The van der Waals surface area contributed by atoms with Gasteiger partial charge in [0.25, 0.3) is 5.69 Å². The summed E-state index contributed by atoms with van der Waals surface area (Å²) < 4.78 is 1.89. The SMILES string of the molecule is CCc1cc(NCc2ccc(Cn3cccn3)cc2)nc(-c2ccc([N+](=O)[O-])cc2)n1. The summed E-state index contributed by atoms with van der Waals surface area (Å²) in [6, 6.07) is 18.5. The van der Waals surface area contributed by atoms with Crippen LogP contribution >= 0.6 is 0 Å². The molecule has 0 amide bonds. The zero-order chi connectivity index (χ0) is 21.6. The molecule has 156 valence electrons. The first kappa shape index (κ1) is 20.2. The summed E-state index contributed by atoms with van der Waals surface area (Å²) in [7, 11) is 0. The van der Waals surface area contributed by atoms with Crippen LogP contribution in [0.2, 0.25) is 0 Å². The maximum atomic E-state index is 10.9. The standard InChI is InChI=1S/C23H22N6O2/c1-2-20-14-22(27-23(26-20)19-8-10-21(11-9-19)29(30)31)24-15-17-4-6-18(7-5-17)16-28-13-3-12-25-28/h3-14H,2,15-16H2,1H3,(H,24,26,27). The van der Waals surface area contributed by atoms with Gasteiger partial charge in [-0.1, -0.05) is 31.2 Å². The third kappa shape index (κ3) is 5.11. The second-order valence-corrected chi connectivity index (χ2v) is 7.10. The number of rotatable bonds is 8. The van der Waals surface area contributed by atoms with E-state index in [2.05, 4.69) is 44.6 Å². The fraction of sp³-hybridized carbons (Fsp3) is 0.174. The van der Waals surface area contributed by atoms with E-state index in [1.54, 1.807) is 18.3 Å². The Morgan fingerprint density at radius 1 is 1.03 bits per heavy atom. The van der Waals surface area contributed by atoms with E-state index in [-0.39, 0.29) is 5.69 Å². The van der Waals surface area contributed by atoms with Gasteiger partial charge in [0.05, 0.1) is 11.5 Å². The monoisotopic (exact) mass is 414 g/mol. The fourth-order valence-electron chi connectivity index (χ4n) is 3.17. The van der Waals surface area contributed by atoms with Crippen LogP contribution in [0, 0.1) is 10.1 Å². The van der Waals surface area contributed by atoms with Crippen LogP contribution in [0.4, 0.5) is 11.5 Å². The van der Waals surface area contributed by atoms with Crippen LogP contribution in [0.3, 0.4) is 0 Å². The molecule has 0 spiro atoms. The highest BCUT2D eigenvalue weighted by molar-refractivity contribution is 5.59. The lowest BCUT2D eigenvalue weighted by atomic mass is 10.1. The summed E-state index contributed by atoms with van der Waals surface area (Å²) in [4.78, 5) is 19.6. The van der Waals surface area contributed by atoms with Crippen molar-refractivity contribution in [3.63, 3.8) is 0 Å². The molecule has 0 saturated carbocycles. The number of aromatic nitrogens is 4. The largest absolute Gasteiger partial charge is 0.366 e. The van der Waals surface area contributed by atoms with Gasteiger partial charge < -0.3 is 5.32 Å². The van der Waals surface area contributed by atoms with Crippen molar-refractivity contribution in [2.24, 2.45) is 0 Å². The predicted octanol–water partition coefficient (Wildman–Crippen LogP) is 4.47. The quantitative estimate of drug-likeness (QED) is 0.337. The van der Waals surface area contributed by atoms with E-state index in [0.717, 1.165) is 35.6 Å². The number of hydrogen-bond acceptors (Lipinski definition) is 6. The van der Waals surface area contributed by atoms with Gasteiger partial charge in [-0.15, -0.1) is 0 Å². The molecule has 0 aliphatic carbocycles. The highest BCUT2D eigenvalue weighted by atomic mass is 16.6. The number of hydrogen-bond donors (Lipinski definition) is 1. The summed E-state index contributed by atoms with van der Waals surface area (Å²) in [5.74, 6) is 1.27. The van der Waals surface area contributed by atoms with Crippen LogP contribution in [-0.4, -0.2) is 24.7 Å². The molecule has 0 fully saturated rings. The van der Waals surface area contributed by atoms with E-state index >= 15 is 0 Å². The van der Waals surface area contributed by atoms with Crippen LogP contribution < -0.4 is 5.32 Å². The van der Waals surface area contributed by atoms with Crippen LogP contribution in [0.25, 0.3) is 11.4 Å². The Kier molecular flexibility index (Phi) is 5.98. The van der Waals surface area contributed by atoms with Gasteiger partial charge in [-0.2, -0.15) is 5.10 Å². The Morgan fingerprint density at radius 3 is 2.42 bits per heavy atom. The molecular weight excluding hydrogens is 392 g/mol. The molecular formula is C23H22N6O2. The summed E-state index contributed by atoms with van der Waals surface area (Å²) in [6.45, 7) is 3.40. The smallest absolute Gasteiger partial charge is 0.269 e. The number of aryl methyl sites for hydroxylation is 1. The average molecular weight is 414 g/mol. The van der Waals surface area contributed by atoms with Crippen LogP contribution in [0.1, 0.15) is 23.7 Å². The van der Waals surface area contributed by atoms with Gasteiger partial charge in [-0.3, -0.25) is 14.8 Å². The van der Waals surface area contributed by atoms with E-state index in [4.69, 9.17) is 0 Å². The number of nitro benzene ring substituents is 1. The number of benzene rings is 2. The van der Waals surface area contributed by atoms with Crippen molar-refractivity contribution in [2.75, 3.05) is 5.32 Å². The van der Waals surface area contributed by atoms with Crippen molar-refractivity contribution in [3.8, 4) is 11.4 Å². The van der Waals surface area contributed by atoms with Gasteiger partial charge in [0.2, 0.25) is 0 Å². The first-order chi connectivity index (χ1) is 15.1. The Balaban J connectivity index is 1.46. The van der Waals surface area contributed by atoms with Crippen molar-refractivity contribution in [1.29, 1.82) is 0 Å².